The van der Waals surface area contributed by atoms with Crippen molar-refractivity contribution in [2.45, 2.75) is 17.5 Å². The van der Waals surface area contributed by atoms with Gasteiger partial charge in [0, 0.05) is 13.1 Å². The molecule has 1 fully saturated rings. The van der Waals surface area contributed by atoms with Crippen LogP contribution in [0.4, 0.5) is 0 Å². The first-order valence-corrected chi connectivity index (χ1v) is 7.72. The Balaban J connectivity index is 2.20. The third-order valence-corrected chi connectivity index (χ3v) is 4.81. The first-order chi connectivity index (χ1) is 9.52. The van der Waals surface area contributed by atoms with E-state index >= 15 is 0 Å². The summed E-state index contributed by atoms with van der Waals surface area (Å²) in [6, 6.07) is 7.99. The van der Waals surface area contributed by atoms with Crippen LogP contribution in [0.2, 0.25) is 0 Å². The molecule has 1 aromatic rings. The SMILES string of the molecule is COc1cccc([C@H]2S[C@@H](C)C(=O)N2CCN(C)C)c1. The minimum atomic E-state index is 0.0216. The molecule has 4 nitrogen and oxygen atoms in total. The zero-order valence-electron chi connectivity index (χ0n) is 12.5. The second-order valence-electron chi connectivity index (χ2n) is 5.24. The molecule has 1 aromatic carbocycles. The van der Waals surface area contributed by atoms with Crippen molar-refractivity contribution in [3.8, 4) is 5.75 Å². The van der Waals surface area contributed by atoms with E-state index in [1.54, 1.807) is 18.9 Å². The Labute approximate surface area is 125 Å². The third kappa shape index (κ3) is 3.27. The number of likely N-dealkylation sites (N-methyl/N-ethyl adjacent to an activating group) is 1. The standard InChI is InChI=1S/C15H22N2O2S/c1-11-14(18)17(9-8-16(2)3)15(20-11)12-6-5-7-13(10-12)19-4/h5-7,10-11,15H,8-9H2,1-4H3/t11-,15+/m0/s1. The van der Waals surface area contributed by atoms with E-state index < -0.39 is 0 Å². The highest BCUT2D eigenvalue weighted by Crippen LogP contribution is 2.43. The van der Waals surface area contributed by atoms with E-state index in [1.165, 1.54) is 0 Å². The quantitative estimate of drug-likeness (QED) is 0.833. The summed E-state index contributed by atoms with van der Waals surface area (Å²) in [7, 11) is 5.72. The van der Waals surface area contributed by atoms with Crippen molar-refractivity contribution >= 4 is 17.7 Å². The van der Waals surface area contributed by atoms with Gasteiger partial charge in [-0.05, 0) is 38.7 Å². The topological polar surface area (TPSA) is 32.8 Å². The van der Waals surface area contributed by atoms with E-state index in [9.17, 15) is 4.79 Å². The van der Waals surface area contributed by atoms with Crippen molar-refractivity contribution in [3.63, 3.8) is 0 Å². The summed E-state index contributed by atoms with van der Waals surface area (Å²) < 4.78 is 5.28. The number of amides is 1. The van der Waals surface area contributed by atoms with Crippen LogP contribution in [0.1, 0.15) is 17.9 Å². The Bertz CT molecular complexity index is 479. The number of nitrogens with zero attached hydrogens (tertiary/aromatic N) is 2. The molecule has 2 atom stereocenters. The number of hydrogen-bond acceptors (Lipinski definition) is 4. The molecule has 0 aliphatic carbocycles. The molecule has 1 amide bonds. The summed E-state index contributed by atoms with van der Waals surface area (Å²) in [5.41, 5.74) is 1.13. The second-order valence-corrected chi connectivity index (χ2v) is 6.67. The molecule has 1 aliphatic heterocycles. The molecule has 20 heavy (non-hydrogen) atoms. The van der Waals surface area contributed by atoms with Crippen molar-refractivity contribution in [1.29, 1.82) is 0 Å². The molecule has 0 N–H and O–H groups in total. The molecule has 0 aromatic heterocycles. The van der Waals surface area contributed by atoms with Gasteiger partial charge in [-0.3, -0.25) is 4.79 Å². The molecule has 0 radical (unpaired) electrons. The lowest BCUT2D eigenvalue weighted by Gasteiger charge is -2.25. The molecule has 1 heterocycles. The minimum Gasteiger partial charge on any atom is -0.497 e. The maximum Gasteiger partial charge on any atom is 0.236 e. The van der Waals surface area contributed by atoms with Gasteiger partial charge in [-0.25, -0.2) is 0 Å². The summed E-state index contributed by atoms with van der Waals surface area (Å²) in [6.45, 7) is 3.61. The summed E-state index contributed by atoms with van der Waals surface area (Å²) in [6.07, 6.45) is 0. The highest BCUT2D eigenvalue weighted by Gasteiger charge is 2.38. The number of thioether (sulfide) groups is 1. The molecular formula is C15H22N2O2S. The number of carbonyl (C=O) groups excluding carboxylic acids is 1. The van der Waals surface area contributed by atoms with Crippen LogP contribution in [0.15, 0.2) is 24.3 Å². The fourth-order valence-electron chi connectivity index (χ4n) is 2.26. The van der Waals surface area contributed by atoms with Gasteiger partial charge >= 0.3 is 0 Å². The van der Waals surface area contributed by atoms with Crippen molar-refractivity contribution in [2.24, 2.45) is 0 Å². The predicted octanol–water partition coefficient (Wildman–Crippen LogP) is 2.22. The fraction of sp³-hybridized carbons (Fsp3) is 0.533. The van der Waals surface area contributed by atoms with Gasteiger partial charge in [-0.2, -0.15) is 0 Å². The van der Waals surface area contributed by atoms with Crippen molar-refractivity contribution in [1.82, 2.24) is 9.80 Å². The number of carbonyl (C=O) groups is 1. The molecule has 0 saturated carbocycles. The number of benzene rings is 1. The van der Waals surface area contributed by atoms with Crippen LogP contribution in [-0.4, -0.2) is 55.3 Å². The van der Waals surface area contributed by atoms with Crippen LogP contribution in [0.3, 0.4) is 0 Å². The Hall–Kier alpha value is -1.20. The van der Waals surface area contributed by atoms with Gasteiger partial charge in [-0.1, -0.05) is 12.1 Å². The smallest absolute Gasteiger partial charge is 0.236 e. The first-order valence-electron chi connectivity index (χ1n) is 6.77. The largest absolute Gasteiger partial charge is 0.497 e. The van der Waals surface area contributed by atoms with E-state index in [-0.39, 0.29) is 16.5 Å². The monoisotopic (exact) mass is 294 g/mol. The predicted molar refractivity (Wildman–Crippen MR) is 83.1 cm³/mol. The fourth-order valence-corrected chi connectivity index (χ4v) is 3.56. The van der Waals surface area contributed by atoms with Crippen LogP contribution in [0.5, 0.6) is 5.75 Å². The third-order valence-electron chi connectivity index (χ3n) is 3.41. The number of hydrogen-bond donors (Lipinski definition) is 0. The van der Waals surface area contributed by atoms with E-state index in [0.717, 1.165) is 24.4 Å². The highest BCUT2D eigenvalue weighted by molar-refractivity contribution is 8.01. The summed E-state index contributed by atoms with van der Waals surface area (Å²) in [5.74, 6) is 1.06. The molecule has 1 saturated heterocycles. The lowest BCUT2D eigenvalue weighted by molar-refractivity contribution is -0.129. The van der Waals surface area contributed by atoms with E-state index in [2.05, 4.69) is 11.0 Å². The van der Waals surface area contributed by atoms with E-state index in [4.69, 9.17) is 4.74 Å². The summed E-state index contributed by atoms with van der Waals surface area (Å²) in [5, 5.41) is 0.112. The van der Waals surface area contributed by atoms with Gasteiger partial charge in [0.15, 0.2) is 0 Å². The Kier molecular flexibility index (Phi) is 4.94. The summed E-state index contributed by atoms with van der Waals surface area (Å²) >= 11 is 1.71. The van der Waals surface area contributed by atoms with Gasteiger partial charge < -0.3 is 14.5 Å². The Morgan fingerprint density at radius 2 is 2.15 bits per heavy atom. The van der Waals surface area contributed by atoms with Crippen LogP contribution in [-0.2, 0) is 4.79 Å². The van der Waals surface area contributed by atoms with Crippen LogP contribution < -0.4 is 4.74 Å². The molecule has 2 rings (SSSR count). The maximum absolute atomic E-state index is 12.3. The van der Waals surface area contributed by atoms with Gasteiger partial charge in [0.25, 0.3) is 0 Å². The molecule has 0 unspecified atom stereocenters. The zero-order valence-corrected chi connectivity index (χ0v) is 13.3. The molecule has 0 bridgehead atoms. The lowest BCUT2D eigenvalue weighted by Crippen LogP contribution is -2.36. The maximum atomic E-state index is 12.3. The van der Waals surface area contributed by atoms with Crippen molar-refractivity contribution in [2.75, 3.05) is 34.3 Å². The van der Waals surface area contributed by atoms with Gasteiger partial charge in [0.2, 0.25) is 5.91 Å². The molecule has 110 valence electrons. The van der Waals surface area contributed by atoms with Gasteiger partial charge in [-0.15, -0.1) is 11.8 Å². The van der Waals surface area contributed by atoms with Crippen molar-refractivity contribution < 1.29 is 9.53 Å². The second kappa shape index (κ2) is 6.50. The van der Waals surface area contributed by atoms with Gasteiger partial charge in [0.1, 0.15) is 11.1 Å². The molecule has 5 heteroatoms. The lowest BCUT2D eigenvalue weighted by atomic mass is 10.2. The van der Waals surface area contributed by atoms with Crippen molar-refractivity contribution in [3.05, 3.63) is 29.8 Å². The average Bonchev–Trinajstić information content (AvgIpc) is 2.72. The zero-order chi connectivity index (χ0) is 14.7. The number of ether oxygens (including phenoxy) is 1. The number of methoxy groups -OCH3 is 1. The molecule has 0 spiro atoms. The van der Waals surface area contributed by atoms with Crippen LogP contribution >= 0.6 is 11.8 Å². The van der Waals surface area contributed by atoms with Crippen LogP contribution in [0.25, 0.3) is 0 Å². The number of rotatable bonds is 5. The molecule has 1 aliphatic rings. The normalized spacial score (nSPS) is 22.6. The van der Waals surface area contributed by atoms with E-state index in [0.29, 0.717) is 0 Å². The minimum absolute atomic E-state index is 0.0216. The Morgan fingerprint density at radius 3 is 2.80 bits per heavy atom. The van der Waals surface area contributed by atoms with Gasteiger partial charge in [0.05, 0.1) is 12.4 Å². The Morgan fingerprint density at radius 1 is 1.40 bits per heavy atom. The first kappa shape index (κ1) is 15.2. The molecular weight excluding hydrogens is 272 g/mol. The summed E-state index contributed by atoms with van der Waals surface area (Å²) in [4.78, 5) is 16.4. The van der Waals surface area contributed by atoms with Crippen LogP contribution in [0, 0.1) is 0 Å². The highest BCUT2D eigenvalue weighted by atomic mass is 32.2. The average molecular weight is 294 g/mol. The van der Waals surface area contributed by atoms with E-state index in [1.807, 2.05) is 44.1 Å².